The van der Waals surface area contributed by atoms with Gasteiger partial charge in [-0.25, -0.2) is 4.39 Å². The lowest BCUT2D eigenvalue weighted by atomic mass is 10.1. The van der Waals surface area contributed by atoms with E-state index in [1.807, 2.05) is 30.3 Å². The van der Waals surface area contributed by atoms with Gasteiger partial charge in [-0.05, 0) is 53.9 Å². The molecule has 0 aliphatic heterocycles. The molecule has 26 heavy (non-hydrogen) atoms. The Morgan fingerprint density at radius 1 is 0.962 bits per heavy atom. The van der Waals surface area contributed by atoms with Crippen molar-refractivity contribution in [1.29, 1.82) is 0 Å². The van der Waals surface area contributed by atoms with E-state index in [1.54, 1.807) is 12.1 Å². The first-order valence-corrected chi connectivity index (χ1v) is 9.01. The summed E-state index contributed by atoms with van der Waals surface area (Å²) in [5.41, 5.74) is 4.27. The maximum atomic E-state index is 13.0. The standard InChI is InChI=1S/C22H21ClFNO/c1-2-17-5-3-4-6-21(17)25-14-18-13-19(23)9-12-22(18)26-15-16-7-10-20(24)11-8-16/h3-13,25H,2,14-15H2,1H3. The SMILES string of the molecule is CCc1ccccc1NCc1cc(Cl)ccc1OCc1ccc(F)cc1. The van der Waals surface area contributed by atoms with Crippen LogP contribution in [0.4, 0.5) is 10.1 Å². The second-order valence-corrected chi connectivity index (χ2v) is 6.47. The van der Waals surface area contributed by atoms with Crippen molar-refractivity contribution in [2.24, 2.45) is 0 Å². The number of rotatable bonds is 7. The monoisotopic (exact) mass is 369 g/mol. The first-order valence-electron chi connectivity index (χ1n) is 8.63. The molecular formula is C22H21ClFNO. The molecule has 3 aromatic rings. The second kappa shape index (κ2) is 8.72. The Bertz CT molecular complexity index is 864. The molecule has 3 aromatic carbocycles. The zero-order valence-electron chi connectivity index (χ0n) is 14.6. The van der Waals surface area contributed by atoms with Gasteiger partial charge in [0.1, 0.15) is 18.2 Å². The molecule has 4 heteroatoms. The van der Waals surface area contributed by atoms with Crippen LogP contribution in [0.25, 0.3) is 0 Å². The van der Waals surface area contributed by atoms with Crippen LogP contribution in [0.1, 0.15) is 23.6 Å². The number of halogens is 2. The van der Waals surface area contributed by atoms with Crippen molar-refractivity contribution in [3.05, 3.63) is 94.3 Å². The van der Waals surface area contributed by atoms with Gasteiger partial charge in [0.25, 0.3) is 0 Å². The van der Waals surface area contributed by atoms with E-state index in [0.29, 0.717) is 18.2 Å². The summed E-state index contributed by atoms with van der Waals surface area (Å²) in [7, 11) is 0. The number of hydrogen-bond acceptors (Lipinski definition) is 2. The van der Waals surface area contributed by atoms with Crippen LogP contribution >= 0.6 is 11.6 Å². The van der Waals surface area contributed by atoms with Crippen molar-refractivity contribution in [3.8, 4) is 5.75 Å². The van der Waals surface area contributed by atoms with Crippen LogP contribution in [0.15, 0.2) is 66.7 Å². The molecule has 0 heterocycles. The van der Waals surface area contributed by atoms with Crippen LogP contribution < -0.4 is 10.1 Å². The number of aryl methyl sites for hydroxylation is 1. The van der Waals surface area contributed by atoms with Gasteiger partial charge >= 0.3 is 0 Å². The molecule has 0 fully saturated rings. The number of hydrogen-bond donors (Lipinski definition) is 1. The van der Waals surface area contributed by atoms with Gasteiger partial charge in [0.05, 0.1) is 0 Å². The lowest BCUT2D eigenvalue weighted by molar-refractivity contribution is 0.303. The smallest absolute Gasteiger partial charge is 0.124 e. The minimum atomic E-state index is -0.250. The molecule has 0 radical (unpaired) electrons. The predicted octanol–water partition coefficient (Wildman–Crippen LogP) is 6.23. The van der Waals surface area contributed by atoms with Crippen LogP contribution in [0, 0.1) is 5.82 Å². The van der Waals surface area contributed by atoms with Gasteiger partial charge in [-0.2, -0.15) is 0 Å². The topological polar surface area (TPSA) is 21.3 Å². The van der Waals surface area contributed by atoms with Crippen molar-refractivity contribution >= 4 is 17.3 Å². The first kappa shape index (κ1) is 18.3. The summed E-state index contributed by atoms with van der Waals surface area (Å²) in [5.74, 6) is 0.514. The van der Waals surface area contributed by atoms with Crippen molar-refractivity contribution in [2.75, 3.05) is 5.32 Å². The van der Waals surface area contributed by atoms with E-state index in [1.165, 1.54) is 17.7 Å². The van der Waals surface area contributed by atoms with E-state index < -0.39 is 0 Å². The Kier molecular flexibility index (Phi) is 6.13. The zero-order valence-corrected chi connectivity index (χ0v) is 15.4. The molecule has 0 saturated carbocycles. The van der Waals surface area contributed by atoms with Crippen LogP contribution in [-0.4, -0.2) is 0 Å². The highest BCUT2D eigenvalue weighted by atomic mass is 35.5. The molecule has 134 valence electrons. The summed E-state index contributed by atoms with van der Waals surface area (Å²) in [4.78, 5) is 0. The second-order valence-electron chi connectivity index (χ2n) is 6.03. The maximum Gasteiger partial charge on any atom is 0.124 e. The van der Waals surface area contributed by atoms with Crippen molar-refractivity contribution in [1.82, 2.24) is 0 Å². The lowest BCUT2D eigenvalue weighted by Gasteiger charge is -2.15. The minimum absolute atomic E-state index is 0.250. The summed E-state index contributed by atoms with van der Waals surface area (Å²) >= 11 is 6.17. The fourth-order valence-electron chi connectivity index (χ4n) is 2.76. The average molecular weight is 370 g/mol. The quantitative estimate of drug-likeness (QED) is 0.532. The lowest BCUT2D eigenvalue weighted by Crippen LogP contribution is -2.05. The van der Waals surface area contributed by atoms with E-state index in [-0.39, 0.29) is 5.82 Å². The number of ether oxygens (including phenoxy) is 1. The highest BCUT2D eigenvalue weighted by molar-refractivity contribution is 6.30. The fourth-order valence-corrected chi connectivity index (χ4v) is 2.95. The molecule has 0 saturated heterocycles. The van der Waals surface area contributed by atoms with Gasteiger partial charge in [-0.15, -0.1) is 0 Å². The zero-order chi connectivity index (χ0) is 18.4. The van der Waals surface area contributed by atoms with Gasteiger partial charge < -0.3 is 10.1 Å². The maximum absolute atomic E-state index is 13.0. The Labute approximate surface area is 158 Å². The minimum Gasteiger partial charge on any atom is -0.489 e. The van der Waals surface area contributed by atoms with Gasteiger partial charge in [0.2, 0.25) is 0 Å². The molecule has 1 N–H and O–H groups in total. The third kappa shape index (κ3) is 4.77. The summed E-state index contributed by atoms with van der Waals surface area (Å²) in [5, 5.41) is 4.13. The third-order valence-electron chi connectivity index (χ3n) is 4.20. The number of nitrogens with one attached hydrogen (secondary N) is 1. The molecule has 0 bridgehead atoms. The molecule has 0 aliphatic carbocycles. The molecule has 0 atom stereocenters. The van der Waals surface area contributed by atoms with E-state index in [0.717, 1.165) is 29.0 Å². The van der Waals surface area contributed by atoms with Gasteiger partial charge in [-0.1, -0.05) is 48.9 Å². The largest absolute Gasteiger partial charge is 0.489 e. The fraction of sp³-hybridized carbons (Fsp3) is 0.182. The number of anilines is 1. The summed E-state index contributed by atoms with van der Waals surface area (Å²) in [6, 6.07) is 20.2. The molecule has 0 amide bonds. The van der Waals surface area contributed by atoms with Crippen LogP contribution in [0.3, 0.4) is 0 Å². The van der Waals surface area contributed by atoms with Gasteiger partial charge in [0.15, 0.2) is 0 Å². The molecule has 0 aliphatic rings. The number of benzene rings is 3. The highest BCUT2D eigenvalue weighted by Gasteiger charge is 2.07. The predicted molar refractivity (Wildman–Crippen MR) is 105 cm³/mol. The molecule has 0 aromatic heterocycles. The molecule has 3 rings (SSSR count). The van der Waals surface area contributed by atoms with Crippen molar-refractivity contribution in [3.63, 3.8) is 0 Å². The number of para-hydroxylation sites is 1. The van der Waals surface area contributed by atoms with E-state index >= 15 is 0 Å². The van der Waals surface area contributed by atoms with E-state index in [2.05, 4.69) is 24.4 Å². The van der Waals surface area contributed by atoms with E-state index in [9.17, 15) is 4.39 Å². The highest BCUT2D eigenvalue weighted by Crippen LogP contribution is 2.26. The summed E-state index contributed by atoms with van der Waals surface area (Å²) in [6.45, 7) is 3.12. The first-order chi connectivity index (χ1) is 12.7. The molecule has 0 unspecified atom stereocenters. The Morgan fingerprint density at radius 2 is 1.73 bits per heavy atom. The Hall–Kier alpha value is -2.52. The normalized spacial score (nSPS) is 10.6. The average Bonchev–Trinajstić information content (AvgIpc) is 2.67. The van der Waals surface area contributed by atoms with Crippen LogP contribution in [-0.2, 0) is 19.6 Å². The Morgan fingerprint density at radius 3 is 2.50 bits per heavy atom. The molecule has 0 spiro atoms. The Balaban J connectivity index is 1.72. The van der Waals surface area contributed by atoms with E-state index in [4.69, 9.17) is 16.3 Å². The van der Waals surface area contributed by atoms with Gasteiger partial charge in [-0.3, -0.25) is 0 Å². The van der Waals surface area contributed by atoms with Gasteiger partial charge in [0, 0.05) is 22.8 Å². The van der Waals surface area contributed by atoms with Crippen molar-refractivity contribution in [2.45, 2.75) is 26.5 Å². The summed E-state index contributed by atoms with van der Waals surface area (Å²) < 4.78 is 19.0. The van der Waals surface area contributed by atoms with Crippen LogP contribution in [0.2, 0.25) is 5.02 Å². The van der Waals surface area contributed by atoms with Crippen LogP contribution in [0.5, 0.6) is 5.75 Å². The van der Waals surface area contributed by atoms with Crippen molar-refractivity contribution < 1.29 is 9.13 Å². The molecular weight excluding hydrogens is 349 g/mol. The summed E-state index contributed by atoms with van der Waals surface area (Å²) in [6.07, 6.45) is 0.965. The molecule has 2 nitrogen and oxygen atoms in total. The third-order valence-corrected chi connectivity index (χ3v) is 4.43.